The summed E-state index contributed by atoms with van der Waals surface area (Å²) in [4.78, 5) is 30.8. The second-order valence-electron chi connectivity index (χ2n) is 18.9. The maximum Gasteiger partial charge on any atom is 0.164 e. The van der Waals surface area contributed by atoms with E-state index in [4.69, 9.17) is 14.6 Å². The highest BCUT2D eigenvalue weighted by atomic mass is 16.5. The Morgan fingerprint density at radius 3 is 1.19 bits per heavy atom. The summed E-state index contributed by atoms with van der Waals surface area (Å²) in [6.45, 7) is 14.6. The first-order chi connectivity index (χ1) is 34.9. The number of nitrogens with zero attached hydrogens (tertiary/aromatic N) is 2. The monoisotopic (exact) mass is 965 g/mol. The van der Waals surface area contributed by atoms with E-state index in [0.717, 1.165) is 67.5 Å². The number of ketones is 2. The Morgan fingerprint density at radius 1 is 0.472 bits per heavy atom. The number of hydrogen-bond acceptors (Lipinski definition) is 8. The number of aryl methyl sites for hydroxylation is 6. The van der Waals surface area contributed by atoms with Gasteiger partial charge in [0.1, 0.15) is 11.7 Å². The van der Waals surface area contributed by atoms with E-state index in [2.05, 4.69) is 195 Å². The number of carbonyl (C=O) groups is 2. The second-order valence-corrected chi connectivity index (χ2v) is 18.9. The Bertz CT molecular complexity index is 2850. The molecule has 2 N–H and O–H groups in total. The maximum absolute atomic E-state index is 13.4. The lowest BCUT2D eigenvalue weighted by atomic mass is 9.88. The van der Waals surface area contributed by atoms with Gasteiger partial charge >= 0.3 is 0 Å². The smallest absolute Gasteiger partial charge is 0.164 e. The first-order valence-electron chi connectivity index (χ1n) is 25.7. The molecule has 8 heteroatoms. The van der Waals surface area contributed by atoms with Gasteiger partial charge in [-0.1, -0.05) is 106 Å². The number of carbonyl (C=O) groups excluding carboxylic acids is 2. The van der Waals surface area contributed by atoms with E-state index in [1.165, 1.54) is 22.3 Å². The molecule has 1 atom stereocenters. The fourth-order valence-electron chi connectivity index (χ4n) is 9.43. The number of aliphatic hydroxyl groups is 2. The number of anilines is 6. The number of benzene rings is 7. The van der Waals surface area contributed by atoms with E-state index in [9.17, 15) is 14.7 Å². The Kier molecular flexibility index (Phi) is 18.5. The van der Waals surface area contributed by atoms with Crippen LogP contribution in [0.3, 0.4) is 0 Å². The molecule has 0 heterocycles. The van der Waals surface area contributed by atoms with Crippen molar-refractivity contribution in [1.29, 1.82) is 0 Å². The molecule has 0 bridgehead atoms. The summed E-state index contributed by atoms with van der Waals surface area (Å²) in [7, 11) is 0. The van der Waals surface area contributed by atoms with Crippen molar-refractivity contribution in [1.82, 2.24) is 0 Å². The van der Waals surface area contributed by atoms with E-state index >= 15 is 0 Å². The van der Waals surface area contributed by atoms with Crippen molar-refractivity contribution < 1.29 is 29.3 Å². The number of ether oxygens (including phenoxy) is 2. The Hall–Kier alpha value is -6.68. The molecule has 8 nitrogen and oxygen atoms in total. The third kappa shape index (κ3) is 12.9. The molecule has 0 fully saturated rings. The molecule has 0 saturated carbocycles. The fourth-order valence-corrected chi connectivity index (χ4v) is 9.43. The number of rotatable bonds is 25. The van der Waals surface area contributed by atoms with Crippen molar-refractivity contribution >= 4 is 45.7 Å². The molecule has 0 amide bonds. The van der Waals surface area contributed by atoms with Crippen molar-refractivity contribution in [3.05, 3.63) is 191 Å². The maximum atomic E-state index is 13.4. The van der Waals surface area contributed by atoms with Crippen LogP contribution in [0.15, 0.2) is 158 Å². The molecular formula is C64H72N2O6. The summed E-state index contributed by atoms with van der Waals surface area (Å²) < 4.78 is 11.5. The standard InChI is InChI=1S/C64H72N2O6/c1-8-62(71-41-39-67)61(69)37-17-49-13-29-55(30-14-49)65(59-27-11-45(4)47(6)43-59)57-33-23-53(24-34-57)51-19-21-52(22-20-51)54-25-35-58(36-26-54)66(60-28-12-46(5)48(7)44-60)56-31-15-50(16-32-56)18-38-63(70)64(9-2,10-3)72-42-40-68/h11-16,19-36,43-44,62,67-68H,8-10,17-18,37-42H2,1-7H3. The van der Waals surface area contributed by atoms with Crippen LogP contribution in [0.25, 0.3) is 22.3 Å². The van der Waals surface area contributed by atoms with Gasteiger partial charge in [0.2, 0.25) is 0 Å². The molecule has 0 aliphatic rings. The van der Waals surface area contributed by atoms with Crippen molar-refractivity contribution in [2.45, 2.75) is 105 Å². The zero-order valence-corrected chi connectivity index (χ0v) is 43.3. The van der Waals surface area contributed by atoms with Gasteiger partial charge in [-0.15, -0.1) is 0 Å². The minimum absolute atomic E-state index is 0.0636. The van der Waals surface area contributed by atoms with Crippen LogP contribution in [0.4, 0.5) is 34.1 Å². The van der Waals surface area contributed by atoms with Gasteiger partial charge in [-0.05, 0) is 188 Å². The van der Waals surface area contributed by atoms with Crippen molar-refractivity contribution in [2.75, 3.05) is 36.2 Å². The number of aliphatic hydroxyl groups excluding tert-OH is 2. The van der Waals surface area contributed by atoms with Gasteiger partial charge in [-0.3, -0.25) is 9.59 Å². The van der Waals surface area contributed by atoms with Gasteiger partial charge in [0.15, 0.2) is 11.6 Å². The quantitative estimate of drug-likeness (QED) is 0.0584. The highest BCUT2D eigenvalue weighted by molar-refractivity contribution is 5.88. The summed E-state index contributed by atoms with van der Waals surface area (Å²) in [6.07, 6.45) is 3.28. The van der Waals surface area contributed by atoms with E-state index < -0.39 is 11.7 Å². The Morgan fingerprint density at radius 2 is 0.833 bits per heavy atom. The van der Waals surface area contributed by atoms with Crippen molar-refractivity contribution in [3.63, 3.8) is 0 Å². The summed E-state index contributed by atoms with van der Waals surface area (Å²) in [5, 5.41) is 18.5. The van der Waals surface area contributed by atoms with E-state index in [-0.39, 0.29) is 38.0 Å². The first kappa shape index (κ1) is 53.1. The molecule has 0 spiro atoms. The topological polar surface area (TPSA) is 99.5 Å². The SMILES string of the molecule is CCC(OCCO)C(=O)CCc1ccc(N(c2ccc(-c3ccc(-c4ccc(N(c5ccc(CCC(=O)C(CC)(CC)OCCO)cc5)c5ccc(C)c(C)c5)cc4)cc3)cc2)c2ccc(C)c(C)c2)cc1. The summed E-state index contributed by atoms with van der Waals surface area (Å²) >= 11 is 0. The molecule has 7 aromatic carbocycles. The van der Waals surface area contributed by atoms with E-state index in [1.807, 2.05) is 20.8 Å². The van der Waals surface area contributed by atoms with Crippen molar-refractivity contribution in [3.8, 4) is 22.3 Å². The third-order valence-electron chi connectivity index (χ3n) is 14.3. The third-order valence-corrected chi connectivity index (χ3v) is 14.3. The Labute approximate surface area is 427 Å². The predicted molar refractivity (Wildman–Crippen MR) is 296 cm³/mol. The fraction of sp³-hybridized carbons (Fsp3) is 0.312. The summed E-state index contributed by atoms with van der Waals surface area (Å²) in [5.74, 6) is 0.146. The van der Waals surface area contributed by atoms with Crippen LogP contribution in [0.5, 0.6) is 0 Å². The lowest BCUT2D eigenvalue weighted by molar-refractivity contribution is -0.147. The predicted octanol–water partition coefficient (Wildman–Crippen LogP) is 14.6. The van der Waals surface area contributed by atoms with Gasteiger partial charge in [0.05, 0.1) is 26.4 Å². The minimum atomic E-state index is -0.851. The largest absolute Gasteiger partial charge is 0.394 e. The minimum Gasteiger partial charge on any atom is -0.394 e. The molecular weight excluding hydrogens is 893 g/mol. The van der Waals surface area contributed by atoms with Gasteiger partial charge in [-0.25, -0.2) is 0 Å². The molecule has 7 rings (SSSR count). The van der Waals surface area contributed by atoms with Crippen LogP contribution in [0.2, 0.25) is 0 Å². The normalized spacial score (nSPS) is 11.9. The molecule has 0 radical (unpaired) electrons. The molecule has 7 aromatic rings. The Balaban J connectivity index is 1.07. The van der Waals surface area contributed by atoms with Crippen LogP contribution in [-0.4, -0.2) is 59.9 Å². The van der Waals surface area contributed by atoms with Gasteiger partial charge in [-0.2, -0.15) is 0 Å². The molecule has 374 valence electrons. The van der Waals surface area contributed by atoms with E-state index in [1.54, 1.807) is 0 Å². The lowest BCUT2D eigenvalue weighted by Gasteiger charge is -2.30. The van der Waals surface area contributed by atoms with E-state index in [0.29, 0.717) is 44.9 Å². The molecule has 0 aliphatic heterocycles. The lowest BCUT2D eigenvalue weighted by Crippen LogP contribution is -2.41. The van der Waals surface area contributed by atoms with Gasteiger partial charge < -0.3 is 29.5 Å². The average molecular weight is 965 g/mol. The van der Waals surface area contributed by atoms with Crippen LogP contribution in [0, 0.1) is 27.7 Å². The summed E-state index contributed by atoms with van der Waals surface area (Å²) in [6, 6.07) is 56.3. The zero-order valence-electron chi connectivity index (χ0n) is 43.3. The van der Waals surface area contributed by atoms with Crippen LogP contribution in [-0.2, 0) is 31.9 Å². The molecule has 72 heavy (non-hydrogen) atoms. The molecule has 0 saturated heterocycles. The average Bonchev–Trinajstić information content (AvgIpc) is 3.41. The van der Waals surface area contributed by atoms with Crippen LogP contribution in [0.1, 0.15) is 86.3 Å². The van der Waals surface area contributed by atoms with Crippen LogP contribution >= 0.6 is 0 Å². The molecule has 0 aliphatic carbocycles. The van der Waals surface area contributed by atoms with Gasteiger partial charge in [0, 0.05) is 47.0 Å². The molecule has 1 unspecified atom stereocenters. The van der Waals surface area contributed by atoms with Crippen LogP contribution < -0.4 is 9.80 Å². The summed E-state index contributed by atoms with van der Waals surface area (Å²) in [5.41, 5.74) is 17.0. The van der Waals surface area contributed by atoms with Crippen molar-refractivity contribution in [2.24, 2.45) is 0 Å². The highest BCUT2D eigenvalue weighted by Gasteiger charge is 2.35. The van der Waals surface area contributed by atoms with Gasteiger partial charge in [0.25, 0.3) is 0 Å². The zero-order chi connectivity index (χ0) is 51.2. The number of hydrogen-bond donors (Lipinski definition) is 2. The first-order valence-corrected chi connectivity index (χ1v) is 25.7. The molecule has 0 aromatic heterocycles. The second kappa shape index (κ2) is 25.1. The number of Topliss-reactive ketones (excluding diaryl/α,β-unsaturated/α-hetero) is 2. The highest BCUT2D eigenvalue weighted by Crippen LogP contribution is 2.39.